The van der Waals surface area contributed by atoms with Gasteiger partial charge >= 0.3 is 6.16 Å². The minimum absolute atomic E-state index is 0.329. The molecule has 0 saturated carbocycles. The Bertz CT molecular complexity index is 358. The Hall–Kier alpha value is -1.25. The normalized spacial score (nSPS) is 17.9. The number of allylic oxidation sites excluding steroid dienone is 4. The maximum absolute atomic E-state index is 10.2. The second-order valence-corrected chi connectivity index (χ2v) is 6.17. The van der Waals surface area contributed by atoms with E-state index >= 15 is 0 Å². The van der Waals surface area contributed by atoms with Crippen molar-refractivity contribution in [2.75, 3.05) is 6.61 Å². The summed E-state index contributed by atoms with van der Waals surface area (Å²) in [6.45, 7) is 2.58. The minimum Gasteiger partial charge on any atom is -0.450 e. The van der Waals surface area contributed by atoms with Crippen LogP contribution in [0.5, 0.6) is 0 Å². The van der Waals surface area contributed by atoms with E-state index in [2.05, 4.69) is 29.9 Å². The summed E-state index contributed by atoms with van der Waals surface area (Å²) in [6, 6.07) is 0. The fraction of sp³-hybridized carbons (Fsp3) is 0.737. The summed E-state index contributed by atoms with van der Waals surface area (Å²) in [4.78, 5) is 10.2. The van der Waals surface area contributed by atoms with Crippen LogP contribution >= 0.6 is 0 Å². The molecule has 126 valence electrons. The molecular weight excluding hydrogens is 276 g/mol. The highest BCUT2D eigenvalue weighted by molar-refractivity contribution is 5.56. The summed E-state index contributed by atoms with van der Waals surface area (Å²) >= 11 is 0. The first kappa shape index (κ1) is 18.8. The third-order valence-corrected chi connectivity index (χ3v) is 4.29. The van der Waals surface area contributed by atoms with Gasteiger partial charge in [0.05, 0.1) is 6.61 Å². The van der Waals surface area contributed by atoms with Crippen molar-refractivity contribution in [3.05, 3.63) is 23.8 Å². The van der Waals surface area contributed by atoms with Gasteiger partial charge in [-0.05, 0) is 57.3 Å². The van der Waals surface area contributed by atoms with Crippen LogP contribution in [0, 0.1) is 5.92 Å². The van der Waals surface area contributed by atoms with Crippen LogP contribution in [-0.4, -0.2) is 17.9 Å². The quantitative estimate of drug-likeness (QED) is 0.269. The predicted molar refractivity (Wildman–Crippen MR) is 91.2 cm³/mol. The Morgan fingerprint density at radius 1 is 1.27 bits per heavy atom. The Kier molecular flexibility index (Phi) is 10.5. The smallest absolute Gasteiger partial charge is 0.450 e. The molecule has 0 aromatic rings. The maximum atomic E-state index is 10.2. The van der Waals surface area contributed by atoms with E-state index in [1.807, 2.05) is 0 Å². The number of unbranched alkanes of at least 4 members (excludes halogenated alkanes) is 6. The number of rotatable bonds is 12. The molecule has 0 amide bonds. The van der Waals surface area contributed by atoms with Gasteiger partial charge in [0, 0.05) is 0 Å². The zero-order chi connectivity index (χ0) is 16.0. The highest BCUT2D eigenvalue weighted by Crippen LogP contribution is 2.31. The van der Waals surface area contributed by atoms with Crippen LogP contribution < -0.4 is 0 Å². The highest BCUT2D eigenvalue weighted by atomic mass is 16.7. The van der Waals surface area contributed by atoms with Crippen LogP contribution in [0.4, 0.5) is 4.79 Å². The Morgan fingerprint density at radius 3 is 2.86 bits per heavy atom. The summed E-state index contributed by atoms with van der Waals surface area (Å²) in [5.41, 5.74) is 1.59. The molecular formula is C19H32O3. The number of ether oxygens (including phenoxy) is 1. The molecule has 0 heterocycles. The summed E-state index contributed by atoms with van der Waals surface area (Å²) in [5, 5.41) is 8.39. The topological polar surface area (TPSA) is 46.5 Å². The largest absolute Gasteiger partial charge is 0.505 e. The molecule has 1 N–H and O–H groups in total. The average molecular weight is 308 g/mol. The molecule has 0 saturated heterocycles. The Morgan fingerprint density at radius 2 is 2.09 bits per heavy atom. The van der Waals surface area contributed by atoms with E-state index in [1.165, 1.54) is 44.9 Å². The molecule has 3 heteroatoms. The summed E-state index contributed by atoms with van der Waals surface area (Å²) in [6.07, 6.45) is 19.2. The molecule has 1 aliphatic rings. The molecule has 0 fully saturated rings. The number of carbonyl (C=O) groups is 1. The lowest BCUT2D eigenvalue weighted by atomic mass is 9.95. The van der Waals surface area contributed by atoms with Crippen molar-refractivity contribution in [3.8, 4) is 0 Å². The van der Waals surface area contributed by atoms with Gasteiger partial charge in [-0.3, -0.25) is 0 Å². The van der Waals surface area contributed by atoms with Crippen molar-refractivity contribution >= 4 is 6.16 Å². The van der Waals surface area contributed by atoms with E-state index in [0.29, 0.717) is 12.5 Å². The average Bonchev–Trinajstić information content (AvgIpc) is 2.93. The van der Waals surface area contributed by atoms with Gasteiger partial charge < -0.3 is 9.84 Å². The molecule has 0 aliphatic heterocycles. The van der Waals surface area contributed by atoms with E-state index in [1.54, 1.807) is 5.57 Å². The zero-order valence-corrected chi connectivity index (χ0v) is 14.1. The molecule has 1 aliphatic carbocycles. The summed E-state index contributed by atoms with van der Waals surface area (Å²) in [7, 11) is 0. The van der Waals surface area contributed by atoms with Crippen LogP contribution in [-0.2, 0) is 4.74 Å². The van der Waals surface area contributed by atoms with E-state index in [0.717, 1.165) is 25.7 Å². The van der Waals surface area contributed by atoms with Crippen molar-refractivity contribution in [1.29, 1.82) is 0 Å². The lowest BCUT2D eigenvalue weighted by Crippen LogP contribution is -2.01. The van der Waals surface area contributed by atoms with E-state index in [9.17, 15) is 4.79 Å². The van der Waals surface area contributed by atoms with Crippen LogP contribution in [0.1, 0.15) is 77.6 Å². The fourth-order valence-corrected chi connectivity index (χ4v) is 3.01. The molecule has 3 nitrogen and oxygen atoms in total. The summed E-state index contributed by atoms with van der Waals surface area (Å²) < 4.78 is 4.52. The number of hydrogen-bond donors (Lipinski definition) is 1. The van der Waals surface area contributed by atoms with Crippen molar-refractivity contribution in [1.82, 2.24) is 0 Å². The molecule has 0 bridgehead atoms. The van der Waals surface area contributed by atoms with Crippen LogP contribution in [0.2, 0.25) is 0 Å². The molecule has 22 heavy (non-hydrogen) atoms. The number of carboxylic acid groups (broad SMARTS) is 1. The molecule has 0 aromatic heterocycles. The zero-order valence-electron chi connectivity index (χ0n) is 14.1. The van der Waals surface area contributed by atoms with Crippen molar-refractivity contribution < 1.29 is 14.6 Å². The number of hydrogen-bond acceptors (Lipinski definition) is 2. The first-order valence-corrected chi connectivity index (χ1v) is 8.95. The third-order valence-electron chi connectivity index (χ3n) is 4.29. The van der Waals surface area contributed by atoms with Gasteiger partial charge in [-0.1, -0.05) is 50.0 Å². The fourth-order valence-electron chi connectivity index (χ4n) is 3.01. The standard InChI is InChI=1S/C19H32O3/c1-2-3-4-5-6-8-12-17-14-11-15-18(17)13-9-7-10-16-22-19(20)21/h8,12,15,17H,2-7,9-11,13-14,16H2,1H3,(H,20,21)/t17-/m0/s1. The van der Waals surface area contributed by atoms with Crippen LogP contribution in [0.25, 0.3) is 0 Å². The van der Waals surface area contributed by atoms with Gasteiger partial charge in [0.1, 0.15) is 0 Å². The monoisotopic (exact) mass is 308 g/mol. The van der Waals surface area contributed by atoms with Crippen molar-refractivity contribution in [2.45, 2.75) is 77.6 Å². The lowest BCUT2D eigenvalue weighted by molar-refractivity contribution is 0.0900. The molecule has 0 aromatic carbocycles. The molecule has 1 atom stereocenters. The van der Waals surface area contributed by atoms with Gasteiger partial charge in [-0.25, -0.2) is 4.79 Å². The van der Waals surface area contributed by atoms with E-state index in [-0.39, 0.29) is 0 Å². The molecule has 0 unspecified atom stereocenters. The highest BCUT2D eigenvalue weighted by Gasteiger charge is 2.15. The predicted octanol–water partition coefficient (Wildman–Crippen LogP) is 6.10. The molecule has 0 radical (unpaired) electrons. The van der Waals surface area contributed by atoms with Gasteiger partial charge in [0.2, 0.25) is 0 Å². The first-order chi connectivity index (χ1) is 10.7. The Balaban J connectivity index is 2.09. The van der Waals surface area contributed by atoms with Gasteiger partial charge in [0.15, 0.2) is 0 Å². The second-order valence-electron chi connectivity index (χ2n) is 6.17. The van der Waals surface area contributed by atoms with Crippen molar-refractivity contribution in [3.63, 3.8) is 0 Å². The van der Waals surface area contributed by atoms with Crippen LogP contribution in [0.3, 0.4) is 0 Å². The molecule has 1 rings (SSSR count). The second kappa shape index (κ2) is 12.3. The molecule has 0 spiro atoms. The van der Waals surface area contributed by atoms with Gasteiger partial charge in [-0.2, -0.15) is 0 Å². The maximum Gasteiger partial charge on any atom is 0.505 e. The van der Waals surface area contributed by atoms with Crippen LogP contribution in [0.15, 0.2) is 23.8 Å². The minimum atomic E-state index is -1.16. The van der Waals surface area contributed by atoms with E-state index < -0.39 is 6.16 Å². The Labute approximate surface area is 135 Å². The third kappa shape index (κ3) is 8.91. The van der Waals surface area contributed by atoms with Gasteiger partial charge in [0.25, 0.3) is 0 Å². The lowest BCUT2D eigenvalue weighted by Gasteiger charge is -2.10. The van der Waals surface area contributed by atoms with Crippen molar-refractivity contribution in [2.24, 2.45) is 5.92 Å². The SMILES string of the molecule is CCCCCCC=C[C@H]1CCC=C1CCCCCOC(=O)O. The first-order valence-electron chi connectivity index (χ1n) is 8.95. The summed E-state index contributed by atoms with van der Waals surface area (Å²) in [5.74, 6) is 0.654. The van der Waals surface area contributed by atoms with Gasteiger partial charge in [-0.15, -0.1) is 0 Å². The van der Waals surface area contributed by atoms with E-state index in [4.69, 9.17) is 5.11 Å².